The largest absolute Gasteiger partial charge is 0.452 e. The van der Waals surface area contributed by atoms with E-state index in [2.05, 4.69) is 5.32 Å². The summed E-state index contributed by atoms with van der Waals surface area (Å²) < 4.78 is 32.3. The highest BCUT2D eigenvalue weighted by atomic mass is 32.2. The zero-order valence-electron chi connectivity index (χ0n) is 17.5. The molecule has 0 radical (unpaired) electrons. The first-order valence-electron chi connectivity index (χ1n) is 9.97. The van der Waals surface area contributed by atoms with Gasteiger partial charge in [0.05, 0.1) is 16.1 Å². The number of rotatable bonds is 10. The van der Waals surface area contributed by atoms with Crippen LogP contribution in [0.5, 0.6) is 0 Å². The molecule has 0 heterocycles. The lowest BCUT2D eigenvalue weighted by Crippen LogP contribution is -2.36. The number of anilines is 1. The number of nitrogens with one attached hydrogen (secondary N) is 1. The number of para-hydroxylation sites is 1. The van der Waals surface area contributed by atoms with E-state index in [4.69, 9.17) is 4.74 Å². The Morgan fingerprint density at radius 3 is 2.10 bits per heavy atom. The Morgan fingerprint density at radius 1 is 0.967 bits per heavy atom. The number of carbonyl (C=O) groups is 2. The second-order valence-corrected chi connectivity index (χ2v) is 8.55. The van der Waals surface area contributed by atoms with E-state index >= 15 is 0 Å². The average Bonchev–Trinajstić information content (AvgIpc) is 2.77. The second-order valence-electron chi connectivity index (χ2n) is 6.69. The quantitative estimate of drug-likeness (QED) is 0.581. The Bertz CT molecular complexity index is 939. The lowest BCUT2D eigenvalue weighted by Gasteiger charge is -2.22. The molecule has 0 atom stereocenters. The highest BCUT2D eigenvalue weighted by molar-refractivity contribution is 7.92. The number of amides is 1. The maximum absolute atomic E-state index is 13.0. The van der Waals surface area contributed by atoms with Gasteiger partial charge in [-0.15, -0.1) is 0 Å². The predicted molar refractivity (Wildman–Crippen MR) is 116 cm³/mol. The molecule has 0 spiro atoms. The monoisotopic (exact) mass is 432 g/mol. The fraction of sp³-hybridized carbons (Fsp3) is 0.364. The van der Waals surface area contributed by atoms with E-state index in [1.54, 1.807) is 31.2 Å². The summed E-state index contributed by atoms with van der Waals surface area (Å²) in [5.41, 5.74) is 0.735. The van der Waals surface area contributed by atoms with E-state index < -0.39 is 16.0 Å². The van der Waals surface area contributed by atoms with Gasteiger partial charge in [0, 0.05) is 12.6 Å². The summed E-state index contributed by atoms with van der Waals surface area (Å²) in [5, 5.41) is 2.79. The Morgan fingerprint density at radius 2 is 1.57 bits per heavy atom. The van der Waals surface area contributed by atoms with Gasteiger partial charge in [0.25, 0.3) is 15.9 Å². The molecule has 7 nitrogen and oxygen atoms in total. The number of hydrogen-bond acceptors (Lipinski definition) is 5. The topological polar surface area (TPSA) is 92.8 Å². The predicted octanol–water partition coefficient (Wildman–Crippen LogP) is 3.36. The molecule has 8 heteroatoms. The van der Waals surface area contributed by atoms with Crippen molar-refractivity contribution < 1.29 is 22.7 Å². The Kier molecular flexibility index (Phi) is 8.41. The third-order valence-electron chi connectivity index (χ3n) is 4.69. The Labute approximate surface area is 178 Å². The molecule has 0 fully saturated rings. The van der Waals surface area contributed by atoms with Crippen molar-refractivity contribution in [2.45, 2.75) is 44.6 Å². The van der Waals surface area contributed by atoms with Gasteiger partial charge in [0.15, 0.2) is 6.61 Å². The van der Waals surface area contributed by atoms with Crippen LogP contribution in [-0.2, 0) is 19.6 Å². The highest BCUT2D eigenvalue weighted by Gasteiger charge is 2.24. The van der Waals surface area contributed by atoms with E-state index in [9.17, 15) is 18.0 Å². The normalized spacial score (nSPS) is 11.2. The lowest BCUT2D eigenvalue weighted by molar-refractivity contribution is -0.125. The minimum atomic E-state index is -3.77. The zero-order valence-corrected chi connectivity index (χ0v) is 18.3. The molecular formula is C22H28N2O5S. The van der Waals surface area contributed by atoms with Crippen LogP contribution in [0.1, 0.15) is 44.0 Å². The number of carbonyl (C=O) groups excluding carboxylic acids is 2. The van der Waals surface area contributed by atoms with Crippen LogP contribution in [0.15, 0.2) is 59.5 Å². The van der Waals surface area contributed by atoms with Gasteiger partial charge in [-0.1, -0.05) is 32.0 Å². The van der Waals surface area contributed by atoms with Gasteiger partial charge in [-0.05, 0) is 56.2 Å². The molecule has 1 amide bonds. The SMILES string of the molecule is CCC(CC)NC(=O)COC(=O)c1ccc(S(=O)(=O)N(CC)c2ccccc2)cc1. The summed E-state index contributed by atoms with van der Waals surface area (Å²) in [6, 6.07) is 14.3. The molecule has 30 heavy (non-hydrogen) atoms. The van der Waals surface area contributed by atoms with Crippen LogP contribution in [0.2, 0.25) is 0 Å². The minimum Gasteiger partial charge on any atom is -0.452 e. The van der Waals surface area contributed by atoms with Gasteiger partial charge in [-0.2, -0.15) is 0 Å². The summed E-state index contributed by atoms with van der Waals surface area (Å²) in [6.07, 6.45) is 1.59. The van der Waals surface area contributed by atoms with Crippen molar-refractivity contribution in [1.29, 1.82) is 0 Å². The summed E-state index contributed by atoms with van der Waals surface area (Å²) in [4.78, 5) is 24.1. The maximum Gasteiger partial charge on any atom is 0.338 e. The van der Waals surface area contributed by atoms with Crippen molar-refractivity contribution in [3.8, 4) is 0 Å². The molecule has 0 aliphatic heterocycles. The summed E-state index contributed by atoms with van der Waals surface area (Å²) in [5.74, 6) is -1.05. The van der Waals surface area contributed by atoms with Gasteiger partial charge in [0.2, 0.25) is 0 Å². The fourth-order valence-electron chi connectivity index (χ4n) is 2.95. The first-order valence-corrected chi connectivity index (χ1v) is 11.4. The van der Waals surface area contributed by atoms with Gasteiger partial charge in [-0.3, -0.25) is 9.10 Å². The molecule has 2 aromatic rings. The maximum atomic E-state index is 13.0. The molecule has 0 saturated carbocycles. The second kappa shape index (κ2) is 10.8. The third kappa shape index (κ3) is 5.82. The average molecular weight is 433 g/mol. The minimum absolute atomic E-state index is 0.0480. The molecular weight excluding hydrogens is 404 g/mol. The zero-order chi connectivity index (χ0) is 22.1. The number of esters is 1. The fourth-order valence-corrected chi connectivity index (χ4v) is 4.43. The van der Waals surface area contributed by atoms with Crippen LogP contribution in [0, 0.1) is 0 Å². The molecule has 0 bridgehead atoms. The van der Waals surface area contributed by atoms with E-state index in [0.29, 0.717) is 5.69 Å². The highest BCUT2D eigenvalue weighted by Crippen LogP contribution is 2.23. The van der Waals surface area contributed by atoms with Crippen LogP contribution in [0.4, 0.5) is 5.69 Å². The van der Waals surface area contributed by atoms with E-state index in [-0.39, 0.29) is 35.6 Å². The lowest BCUT2D eigenvalue weighted by atomic mass is 10.2. The standard InChI is InChI=1S/C22H28N2O5S/c1-4-18(5-2)23-21(25)16-29-22(26)17-12-14-20(15-13-17)30(27,28)24(6-3)19-10-8-7-9-11-19/h7-15,18H,4-6,16H2,1-3H3,(H,23,25). The molecule has 162 valence electrons. The van der Waals surface area contributed by atoms with Crippen LogP contribution in [0.25, 0.3) is 0 Å². The van der Waals surface area contributed by atoms with E-state index in [1.807, 2.05) is 19.9 Å². The van der Waals surface area contributed by atoms with Gasteiger partial charge < -0.3 is 10.1 Å². The molecule has 1 N–H and O–H groups in total. The molecule has 0 saturated heterocycles. The van der Waals surface area contributed by atoms with Gasteiger partial charge >= 0.3 is 5.97 Å². The number of ether oxygens (including phenoxy) is 1. The van der Waals surface area contributed by atoms with Crippen LogP contribution < -0.4 is 9.62 Å². The van der Waals surface area contributed by atoms with Crippen molar-refractivity contribution >= 4 is 27.6 Å². The molecule has 2 rings (SSSR count). The molecule has 0 aliphatic rings. The summed E-state index contributed by atoms with van der Waals surface area (Å²) >= 11 is 0. The van der Waals surface area contributed by atoms with Crippen molar-refractivity contribution in [3.05, 3.63) is 60.2 Å². The first-order chi connectivity index (χ1) is 14.3. The van der Waals surface area contributed by atoms with Gasteiger partial charge in [-0.25, -0.2) is 13.2 Å². The van der Waals surface area contributed by atoms with E-state index in [0.717, 1.165) is 12.8 Å². The van der Waals surface area contributed by atoms with Crippen molar-refractivity contribution in [1.82, 2.24) is 5.32 Å². The Balaban J connectivity index is 2.06. The van der Waals surface area contributed by atoms with Crippen molar-refractivity contribution in [3.63, 3.8) is 0 Å². The van der Waals surface area contributed by atoms with Crippen molar-refractivity contribution in [2.24, 2.45) is 0 Å². The number of nitrogens with zero attached hydrogens (tertiary/aromatic N) is 1. The molecule has 2 aromatic carbocycles. The smallest absolute Gasteiger partial charge is 0.338 e. The van der Waals surface area contributed by atoms with Gasteiger partial charge in [0.1, 0.15) is 0 Å². The number of hydrogen-bond donors (Lipinski definition) is 1. The molecule has 0 aromatic heterocycles. The summed E-state index contributed by atoms with van der Waals surface area (Å²) in [6.45, 7) is 5.57. The molecule has 0 unspecified atom stereocenters. The van der Waals surface area contributed by atoms with Crippen LogP contribution in [-0.4, -0.2) is 39.5 Å². The Hall–Kier alpha value is -2.87. The number of benzene rings is 2. The third-order valence-corrected chi connectivity index (χ3v) is 6.61. The first kappa shape index (κ1) is 23.4. The summed E-state index contributed by atoms with van der Waals surface area (Å²) in [7, 11) is -3.77. The van der Waals surface area contributed by atoms with E-state index in [1.165, 1.54) is 28.6 Å². The van der Waals surface area contributed by atoms with Crippen LogP contribution in [0.3, 0.4) is 0 Å². The van der Waals surface area contributed by atoms with Crippen molar-refractivity contribution in [2.75, 3.05) is 17.5 Å². The number of sulfonamides is 1. The van der Waals surface area contributed by atoms with Crippen LogP contribution >= 0.6 is 0 Å². The molecule has 0 aliphatic carbocycles.